The van der Waals surface area contributed by atoms with Gasteiger partial charge in [0.05, 0.1) is 6.42 Å². The summed E-state index contributed by atoms with van der Waals surface area (Å²) in [5, 5.41) is 3.45. The van der Waals surface area contributed by atoms with Gasteiger partial charge in [0.1, 0.15) is 5.82 Å². The zero-order chi connectivity index (χ0) is 20.1. The van der Waals surface area contributed by atoms with Crippen molar-refractivity contribution in [2.24, 2.45) is 0 Å². The Morgan fingerprint density at radius 1 is 1.00 bits per heavy atom. The van der Waals surface area contributed by atoms with Crippen LogP contribution in [0, 0.1) is 12.7 Å². The van der Waals surface area contributed by atoms with Crippen molar-refractivity contribution in [2.45, 2.75) is 19.9 Å². The Hall–Kier alpha value is -2.60. The fourth-order valence-electron chi connectivity index (χ4n) is 3.08. The SMILES string of the molecule is Cc1ccc(CNC(=O)N2CCN(C(=O)Cc3ccc(Cl)cc3)CC2)cc1F. The van der Waals surface area contributed by atoms with Crippen LogP contribution >= 0.6 is 11.6 Å². The van der Waals surface area contributed by atoms with E-state index in [9.17, 15) is 14.0 Å². The van der Waals surface area contributed by atoms with Crippen LogP contribution in [0.5, 0.6) is 0 Å². The predicted molar refractivity (Wildman–Crippen MR) is 107 cm³/mol. The lowest BCUT2D eigenvalue weighted by atomic mass is 10.1. The molecule has 148 valence electrons. The first-order valence-electron chi connectivity index (χ1n) is 9.22. The number of nitrogens with one attached hydrogen (secondary N) is 1. The normalized spacial score (nSPS) is 14.1. The molecule has 2 aromatic carbocycles. The summed E-state index contributed by atoms with van der Waals surface area (Å²) in [6.45, 7) is 3.91. The number of hydrogen-bond acceptors (Lipinski definition) is 2. The molecule has 28 heavy (non-hydrogen) atoms. The molecule has 2 aromatic rings. The Kier molecular flexibility index (Phi) is 6.52. The van der Waals surface area contributed by atoms with Crippen LogP contribution in [-0.4, -0.2) is 47.9 Å². The second kappa shape index (κ2) is 9.06. The first-order chi connectivity index (χ1) is 13.4. The van der Waals surface area contributed by atoms with Gasteiger partial charge >= 0.3 is 6.03 Å². The topological polar surface area (TPSA) is 52.7 Å². The largest absolute Gasteiger partial charge is 0.339 e. The van der Waals surface area contributed by atoms with Gasteiger partial charge in [0, 0.05) is 37.7 Å². The summed E-state index contributed by atoms with van der Waals surface area (Å²) >= 11 is 5.86. The quantitative estimate of drug-likeness (QED) is 0.850. The molecule has 1 aliphatic rings. The van der Waals surface area contributed by atoms with E-state index in [-0.39, 0.29) is 24.3 Å². The van der Waals surface area contributed by atoms with E-state index in [1.807, 2.05) is 12.1 Å². The van der Waals surface area contributed by atoms with Gasteiger partial charge < -0.3 is 15.1 Å². The monoisotopic (exact) mass is 403 g/mol. The summed E-state index contributed by atoms with van der Waals surface area (Å²) in [4.78, 5) is 28.2. The third-order valence-electron chi connectivity index (χ3n) is 4.87. The highest BCUT2D eigenvalue weighted by atomic mass is 35.5. The van der Waals surface area contributed by atoms with Crippen LogP contribution in [0.2, 0.25) is 5.02 Å². The van der Waals surface area contributed by atoms with Gasteiger partial charge in [0.25, 0.3) is 0 Å². The van der Waals surface area contributed by atoms with Crippen molar-refractivity contribution in [2.75, 3.05) is 26.2 Å². The summed E-state index contributed by atoms with van der Waals surface area (Å²) in [5.41, 5.74) is 2.21. The van der Waals surface area contributed by atoms with Crippen molar-refractivity contribution >= 4 is 23.5 Å². The van der Waals surface area contributed by atoms with E-state index in [0.29, 0.717) is 48.7 Å². The van der Waals surface area contributed by atoms with E-state index in [1.54, 1.807) is 41.0 Å². The third-order valence-corrected chi connectivity index (χ3v) is 5.12. The van der Waals surface area contributed by atoms with Gasteiger partial charge in [-0.1, -0.05) is 35.9 Å². The first-order valence-corrected chi connectivity index (χ1v) is 9.60. The highest BCUT2D eigenvalue weighted by molar-refractivity contribution is 6.30. The molecule has 7 heteroatoms. The van der Waals surface area contributed by atoms with Gasteiger partial charge in [-0.05, 0) is 41.8 Å². The lowest BCUT2D eigenvalue weighted by molar-refractivity contribution is -0.131. The Morgan fingerprint density at radius 3 is 2.25 bits per heavy atom. The molecule has 3 amide bonds. The fourth-order valence-corrected chi connectivity index (χ4v) is 3.21. The Morgan fingerprint density at radius 2 is 1.61 bits per heavy atom. The number of carbonyl (C=O) groups is 2. The molecule has 1 N–H and O–H groups in total. The van der Waals surface area contributed by atoms with Gasteiger partial charge in [-0.3, -0.25) is 4.79 Å². The number of amides is 3. The van der Waals surface area contributed by atoms with Crippen molar-refractivity contribution in [1.82, 2.24) is 15.1 Å². The van der Waals surface area contributed by atoms with Crippen molar-refractivity contribution in [3.8, 4) is 0 Å². The Bertz CT molecular complexity index is 849. The lowest BCUT2D eigenvalue weighted by Gasteiger charge is -2.34. The number of aryl methyl sites for hydroxylation is 1. The van der Waals surface area contributed by atoms with Crippen LogP contribution in [0.25, 0.3) is 0 Å². The molecule has 0 unspecified atom stereocenters. The molecule has 1 aliphatic heterocycles. The minimum absolute atomic E-state index is 0.0394. The Labute approximate surface area is 169 Å². The summed E-state index contributed by atoms with van der Waals surface area (Å²) in [5.74, 6) is -0.239. The second-order valence-electron chi connectivity index (χ2n) is 6.91. The van der Waals surface area contributed by atoms with Crippen LogP contribution < -0.4 is 5.32 Å². The molecule has 3 rings (SSSR count). The summed E-state index contributed by atoms with van der Waals surface area (Å²) < 4.78 is 13.6. The van der Waals surface area contributed by atoms with E-state index < -0.39 is 0 Å². The molecular weight excluding hydrogens is 381 g/mol. The molecule has 0 radical (unpaired) electrons. The second-order valence-corrected chi connectivity index (χ2v) is 7.35. The van der Waals surface area contributed by atoms with Crippen molar-refractivity contribution in [3.63, 3.8) is 0 Å². The van der Waals surface area contributed by atoms with Gasteiger partial charge in [-0.25, -0.2) is 9.18 Å². The van der Waals surface area contributed by atoms with Crippen LogP contribution in [-0.2, 0) is 17.8 Å². The van der Waals surface area contributed by atoms with Gasteiger partial charge in [0.15, 0.2) is 0 Å². The molecule has 0 spiro atoms. The van der Waals surface area contributed by atoms with Gasteiger partial charge in [-0.2, -0.15) is 0 Å². The lowest BCUT2D eigenvalue weighted by Crippen LogP contribution is -2.53. The maximum absolute atomic E-state index is 13.6. The van der Waals surface area contributed by atoms with Crippen molar-refractivity contribution in [3.05, 3.63) is 70.0 Å². The van der Waals surface area contributed by atoms with Crippen molar-refractivity contribution in [1.29, 1.82) is 0 Å². The average Bonchev–Trinajstić information content (AvgIpc) is 2.70. The first kappa shape index (κ1) is 20.1. The number of piperazine rings is 1. The highest BCUT2D eigenvalue weighted by Crippen LogP contribution is 2.12. The number of benzene rings is 2. The fraction of sp³-hybridized carbons (Fsp3) is 0.333. The summed E-state index contributed by atoms with van der Waals surface area (Å²) in [7, 11) is 0. The molecule has 0 atom stereocenters. The summed E-state index contributed by atoms with van der Waals surface area (Å²) in [6, 6.07) is 12.0. The van der Waals surface area contributed by atoms with E-state index in [2.05, 4.69) is 5.32 Å². The van der Waals surface area contributed by atoms with Gasteiger partial charge in [0.2, 0.25) is 5.91 Å². The third kappa shape index (κ3) is 5.23. The van der Waals surface area contributed by atoms with E-state index in [0.717, 1.165) is 5.56 Å². The van der Waals surface area contributed by atoms with E-state index >= 15 is 0 Å². The van der Waals surface area contributed by atoms with Crippen LogP contribution in [0.4, 0.5) is 9.18 Å². The molecule has 0 bridgehead atoms. The molecule has 0 aromatic heterocycles. The minimum Gasteiger partial charge on any atom is -0.339 e. The number of nitrogens with zero attached hydrogens (tertiary/aromatic N) is 2. The zero-order valence-corrected chi connectivity index (χ0v) is 16.5. The molecule has 0 aliphatic carbocycles. The zero-order valence-electron chi connectivity index (χ0n) is 15.8. The number of hydrogen-bond donors (Lipinski definition) is 1. The predicted octanol–water partition coefficient (Wildman–Crippen LogP) is 3.38. The van der Waals surface area contributed by atoms with Crippen molar-refractivity contribution < 1.29 is 14.0 Å². The Balaban J connectivity index is 1.44. The maximum atomic E-state index is 13.6. The molecule has 0 saturated carbocycles. The van der Waals surface area contributed by atoms with Crippen LogP contribution in [0.3, 0.4) is 0 Å². The molecule has 1 fully saturated rings. The molecule has 5 nitrogen and oxygen atoms in total. The maximum Gasteiger partial charge on any atom is 0.317 e. The number of urea groups is 1. The average molecular weight is 404 g/mol. The highest BCUT2D eigenvalue weighted by Gasteiger charge is 2.24. The molecular formula is C21H23ClFN3O2. The molecule has 1 heterocycles. The van der Waals surface area contributed by atoms with E-state index in [4.69, 9.17) is 11.6 Å². The number of carbonyl (C=O) groups excluding carboxylic acids is 2. The number of halogens is 2. The van der Waals surface area contributed by atoms with E-state index in [1.165, 1.54) is 6.07 Å². The van der Waals surface area contributed by atoms with Gasteiger partial charge in [-0.15, -0.1) is 0 Å². The van der Waals surface area contributed by atoms with Crippen LogP contribution in [0.15, 0.2) is 42.5 Å². The van der Waals surface area contributed by atoms with Crippen LogP contribution in [0.1, 0.15) is 16.7 Å². The number of rotatable bonds is 4. The smallest absolute Gasteiger partial charge is 0.317 e. The standard InChI is InChI=1S/C21H23ClFN3O2/c1-15-2-3-17(12-19(15)23)14-24-21(28)26-10-8-25(9-11-26)20(27)13-16-4-6-18(22)7-5-16/h2-7,12H,8-11,13-14H2,1H3,(H,24,28). The molecule has 1 saturated heterocycles. The minimum atomic E-state index is -0.278. The summed E-state index contributed by atoms with van der Waals surface area (Å²) in [6.07, 6.45) is 0.322.